The van der Waals surface area contributed by atoms with E-state index in [1.54, 1.807) is 19.9 Å². The quantitative estimate of drug-likeness (QED) is 0.697. The van der Waals surface area contributed by atoms with Crippen molar-refractivity contribution in [1.29, 1.82) is 5.26 Å². The second kappa shape index (κ2) is 5.11. The summed E-state index contributed by atoms with van der Waals surface area (Å²) in [5.74, 6) is -0.294. The number of aromatic nitrogens is 1. The fourth-order valence-corrected chi connectivity index (χ4v) is 1.19. The molecule has 0 N–H and O–H groups in total. The number of carbonyl (C=O) groups is 1. The Morgan fingerprint density at radius 1 is 1.67 bits per heavy atom. The van der Waals surface area contributed by atoms with Gasteiger partial charge in [-0.15, -0.1) is 0 Å². The van der Waals surface area contributed by atoms with Gasteiger partial charge in [0.15, 0.2) is 0 Å². The Morgan fingerprint density at radius 3 is 3.00 bits per heavy atom. The van der Waals surface area contributed by atoms with Gasteiger partial charge in [0.05, 0.1) is 18.6 Å². The molecule has 0 unspecified atom stereocenters. The molecule has 4 nitrogen and oxygen atoms in total. The van der Waals surface area contributed by atoms with E-state index in [0.29, 0.717) is 12.2 Å². The van der Waals surface area contributed by atoms with Gasteiger partial charge in [-0.2, -0.15) is 5.26 Å². The van der Waals surface area contributed by atoms with Gasteiger partial charge in [-0.3, -0.25) is 9.78 Å². The molecular weight excluding hydrogens is 192 g/mol. The maximum Gasteiger partial charge on any atom is 0.310 e. The van der Waals surface area contributed by atoms with Crippen LogP contribution in [0.25, 0.3) is 0 Å². The largest absolute Gasteiger partial charge is 0.466 e. The van der Waals surface area contributed by atoms with Gasteiger partial charge >= 0.3 is 5.97 Å². The number of hydrogen-bond donors (Lipinski definition) is 0. The van der Waals surface area contributed by atoms with Crippen molar-refractivity contribution in [3.63, 3.8) is 0 Å². The predicted octanol–water partition coefficient (Wildman–Crippen LogP) is 1.37. The van der Waals surface area contributed by atoms with Crippen molar-refractivity contribution in [2.24, 2.45) is 0 Å². The molecule has 78 valence electrons. The van der Waals surface area contributed by atoms with Crippen molar-refractivity contribution >= 4 is 5.97 Å². The molecule has 0 spiro atoms. The zero-order chi connectivity index (χ0) is 11.3. The number of nitrogens with zero attached hydrogens (tertiary/aromatic N) is 2. The van der Waals surface area contributed by atoms with Crippen molar-refractivity contribution in [3.8, 4) is 6.07 Å². The van der Waals surface area contributed by atoms with Crippen LogP contribution in [-0.2, 0) is 16.0 Å². The number of aryl methyl sites for hydroxylation is 1. The lowest BCUT2D eigenvalue weighted by molar-refractivity contribution is -0.142. The standard InChI is InChI=1S/C11H12N2O2/c1-3-15-11(14)5-10-4-9(6-12)7-13-8(10)2/h4,7H,3,5H2,1-2H3. The number of nitriles is 1. The number of rotatable bonds is 3. The highest BCUT2D eigenvalue weighted by molar-refractivity contribution is 5.73. The fourth-order valence-electron chi connectivity index (χ4n) is 1.19. The number of hydrogen-bond acceptors (Lipinski definition) is 4. The van der Waals surface area contributed by atoms with Crippen LogP contribution < -0.4 is 0 Å². The molecule has 1 aromatic heterocycles. The summed E-state index contributed by atoms with van der Waals surface area (Å²) in [4.78, 5) is 15.3. The van der Waals surface area contributed by atoms with Gasteiger partial charge in [0.25, 0.3) is 0 Å². The molecule has 0 aliphatic rings. The van der Waals surface area contributed by atoms with Crippen molar-refractivity contribution in [1.82, 2.24) is 4.98 Å². The van der Waals surface area contributed by atoms with Crippen LogP contribution in [-0.4, -0.2) is 17.6 Å². The molecule has 0 saturated heterocycles. The molecule has 1 heterocycles. The maximum atomic E-state index is 11.2. The Balaban J connectivity index is 2.85. The summed E-state index contributed by atoms with van der Waals surface area (Å²) in [6.07, 6.45) is 1.66. The van der Waals surface area contributed by atoms with Crippen molar-refractivity contribution < 1.29 is 9.53 Å². The highest BCUT2D eigenvalue weighted by Gasteiger charge is 2.08. The first-order valence-corrected chi connectivity index (χ1v) is 4.68. The zero-order valence-electron chi connectivity index (χ0n) is 8.78. The molecule has 0 bridgehead atoms. The van der Waals surface area contributed by atoms with E-state index in [4.69, 9.17) is 10.00 Å². The number of pyridine rings is 1. The molecular formula is C11H12N2O2. The van der Waals surface area contributed by atoms with Gasteiger partial charge in [-0.25, -0.2) is 0 Å². The van der Waals surface area contributed by atoms with Crippen LogP contribution in [0.2, 0.25) is 0 Å². The molecule has 0 amide bonds. The SMILES string of the molecule is CCOC(=O)Cc1cc(C#N)cnc1C. The summed E-state index contributed by atoms with van der Waals surface area (Å²) in [6, 6.07) is 3.65. The summed E-state index contributed by atoms with van der Waals surface area (Å²) in [5, 5.41) is 8.68. The smallest absolute Gasteiger partial charge is 0.310 e. The molecule has 0 aliphatic carbocycles. The van der Waals surface area contributed by atoms with E-state index in [9.17, 15) is 4.79 Å². The average molecular weight is 204 g/mol. The monoisotopic (exact) mass is 204 g/mol. The van der Waals surface area contributed by atoms with Crippen LogP contribution in [0.1, 0.15) is 23.7 Å². The van der Waals surface area contributed by atoms with Crippen LogP contribution >= 0.6 is 0 Å². The minimum Gasteiger partial charge on any atom is -0.466 e. The van der Waals surface area contributed by atoms with E-state index < -0.39 is 0 Å². The lowest BCUT2D eigenvalue weighted by atomic mass is 10.1. The topological polar surface area (TPSA) is 63.0 Å². The Kier molecular flexibility index (Phi) is 3.81. The molecule has 0 aromatic carbocycles. The molecule has 0 radical (unpaired) electrons. The van der Waals surface area contributed by atoms with Crippen molar-refractivity contribution in [2.45, 2.75) is 20.3 Å². The number of esters is 1. The lowest BCUT2D eigenvalue weighted by Gasteiger charge is -2.04. The summed E-state index contributed by atoms with van der Waals surface area (Å²) >= 11 is 0. The second-order valence-electron chi connectivity index (χ2n) is 3.06. The number of ether oxygens (including phenoxy) is 1. The highest BCUT2D eigenvalue weighted by atomic mass is 16.5. The van der Waals surface area contributed by atoms with E-state index in [-0.39, 0.29) is 12.4 Å². The summed E-state index contributed by atoms with van der Waals surface area (Å²) in [5.41, 5.74) is 1.95. The van der Waals surface area contributed by atoms with Crippen LogP contribution in [0.15, 0.2) is 12.3 Å². The minimum absolute atomic E-state index is 0.169. The first-order valence-electron chi connectivity index (χ1n) is 4.68. The van der Waals surface area contributed by atoms with Gasteiger partial charge in [0, 0.05) is 11.9 Å². The summed E-state index contributed by atoms with van der Waals surface area (Å²) in [7, 11) is 0. The Hall–Kier alpha value is -1.89. The van der Waals surface area contributed by atoms with Gasteiger partial charge in [0.2, 0.25) is 0 Å². The van der Waals surface area contributed by atoms with E-state index in [0.717, 1.165) is 11.3 Å². The average Bonchev–Trinajstić information content (AvgIpc) is 2.21. The van der Waals surface area contributed by atoms with Crippen LogP contribution in [0.5, 0.6) is 0 Å². The molecule has 0 atom stereocenters. The van der Waals surface area contributed by atoms with Gasteiger partial charge in [-0.1, -0.05) is 0 Å². The van der Waals surface area contributed by atoms with E-state index >= 15 is 0 Å². The second-order valence-corrected chi connectivity index (χ2v) is 3.06. The maximum absolute atomic E-state index is 11.2. The zero-order valence-corrected chi connectivity index (χ0v) is 8.78. The van der Waals surface area contributed by atoms with Gasteiger partial charge in [0.1, 0.15) is 6.07 Å². The van der Waals surface area contributed by atoms with Gasteiger partial charge < -0.3 is 4.74 Å². The Morgan fingerprint density at radius 2 is 2.40 bits per heavy atom. The van der Waals surface area contributed by atoms with Crippen molar-refractivity contribution in [3.05, 3.63) is 29.1 Å². The molecule has 0 fully saturated rings. The summed E-state index contributed by atoms with van der Waals surface area (Å²) in [6.45, 7) is 3.92. The predicted molar refractivity (Wildman–Crippen MR) is 54.0 cm³/mol. The van der Waals surface area contributed by atoms with Crippen LogP contribution in [0.4, 0.5) is 0 Å². The molecule has 0 saturated carbocycles. The van der Waals surface area contributed by atoms with E-state index in [1.165, 1.54) is 6.20 Å². The first-order chi connectivity index (χ1) is 7.17. The molecule has 0 aliphatic heterocycles. The van der Waals surface area contributed by atoms with Gasteiger partial charge in [-0.05, 0) is 25.5 Å². The Bertz CT molecular complexity index is 408. The highest BCUT2D eigenvalue weighted by Crippen LogP contribution is 2.08. The third-order valence-corrected chi connectivity index (χ3v) is 1.96. The normalized spacial score (nSPS) is 9.40. The first kappa shape index (κ1) is 11.2. The molecule has 4 heteroatoms. The summed E-state index contributed by atoms with van der Waals surface area (Å²) < 4.78 is 4.82. The van der Waals surface area contributed by atoms with Crippen molar-refractivity contribution in [2.75, 3.05) is 6.61 Å². The third kappa shape index (κ3) is 3.06. The van der Waals surface area contributed by atoms with E-state index in [1.807, 2.05) is 6.07 Å². The number of carbonyl (C=O) groups excluding carboxylic acids is 1. The molecule has 15 heavy (non-hydrogen) atoms. The lowest BCUT2D eigenvalue weighted by Crippen LogP contribution is -2.09. The minimum atomic E-state index is -0.294. The van der Waals surface area contributed by atoms with E-state index in [2.05, 4.69) is 4.98 Å². The Labute approximate surface area is 88.5 Å². The van der Waals surface area contributed by atoms with Crippen LogP contribution in [0.3, 0.4) is 0 Å². The third-order valence-electron chi connectivity index (χ3n) is 1.96. The van der Waals surface area contributed by atoms with Crippen LogP contribution in [0, 0.1) is 18.3 Å². The molecule has 1 rings (SSSR count). The fraction of sp³-hybridized carbons (Fsp3) is 0.364. The molecule has 1 aromatic rings.